The summed E-state index contributed by atoms with van der Waals surface area (Å²) in [4.78, 5) is 0. The van der Waals surface area contributed by atoms with Crippen LogP contribution in [-0.2, 0) is 0 Å². The van der Waals surface area contributed by atoms with E-state index in [-0.39, 0.29) is 11.9 Å². The number of nitrogens with zero attached hydrogens (tertiary/aromatic N) is 1. The summed E-state index contributed by atoms with van der Waals surface area (Å²) in [5.74, 6) is 0.0703. The molecule has 1 fully saturated rings. The van der Waals surface area contributed by atoms with Gasteiger partial charge in [0.2, 0.25) is 0 Å². The Morgan fingerprint density at radius 2 is 2.21 bits per heavy atom. The first-order chi connectivity index (χ1) is 6.72. The minimum atomic E-state index is -0.358. The third kappa shape index (κ3) is 1.61. The highest BCUT2D eigenvalue weighted by atomic mass is 19.1. The molecule has 0 radical (unpaired) electrons. The van der Waals surface area contributed by atoms with E-state index >= 15 is 0 Å². The molecule has 0 unspecified atom stereocenters. The number of benzene rings is 1. The highest BCUT2D eigenvalue weighted by Crippen LogP contribution is 2.40. The molecule has 0 aliphatic heterocycles. The van der Waals surface area contributed by atoms with Gasteiger partial charge in [-0.3, -0.25) is 0 Å². The smallest absolute Gasteiger partial charge is 0.129 e. The molecule has 72 valence electrons. The maximum absolute atomic E-state index is 13.4. The molecule has 2 rings (SSSR count). The number of hydrogen-bond donors (Lipinski definition) is 1. The van der Waals surface area contributed by atoms with Crippen LogP contribution in [0.25, 0.3) is 0 Å². The topological polar surface area (TPSA) is 49.8 Å². The Morgan fingerprint density at radius 3 is 2.71 bits per heavy atom. The maximum Gasteiger partial charge on any atom is 0.129 e. The van der Waals surface area contributed by atoms with Gasteiger partial charge in [-0.15, -0.1) is 0 Å². The van der Waals surface area contributed by atoms with Gasteiger partial charge in [-0.2, -0.15) is 5.26 Å². The summed E-state index contributed by atoms with van der Waals surface area (Å²) in [6.07, 6.45) is 2.17. The summed E-state index contributed by atoms with van der Waals surface area (Å²) in [6.45, 7) is 0. The lowest BCUT2D eigenvalue weighted by Crippen LogP contribution is -2.14. The van der Waals surface area contributed by atoms with Crippen molar-refractivity contribution in [3.8, 4) is 6.07 Å². The molecule has 1 aliphatic carbocycles. The molecule has 1 aromatic carbocycles. The Bertz CT molecular complexity index is 391. The van der Waals surface area contributed by atoms with Crippen molar-refractivity contribution < 1.29 is 4.39 Å². The van der Waals surface area contributed by atoms with Gasteiger partial charge in [-0.05, 0) is 30.9 Å². The molecule has 14 heavy (non-hydrogen) atoms. The van der Waals surface area contributed by atoms with Gasteiger partial charge in [0.25, 0.3) is 0 Å². The fourth-order valence-electron chi connectivity index (χ4n) is 1.58. The van der Waals surface area contributed by atoms with Gasteiger partial charge in [-0.25, -0.2) is 4.39 Å². The zero-order valence-corrected chi connectivity index (χ0v) is 7.70. The van der Waals surface area contributed by atoms with Crippen LogP contribution in [0, 0.1) is 23.1 Å². The lowest BCUT2D eigenvalue weighted by molar-refractivity contribution is 0.553. The average Bonchev–Trinajstić information content (AvgIpc) is 3.00. The van der Waals surface area contributed by atoms with E-state index in [0.29, 0.717) is 17.0 Å². The molecule has 2 nitrogen and oxygen atoms in total. The van der Waals surface area contributed by atoms with Crippen molar-refractivity contribution in [1.82, 2.24) is 0 Å². The second kappa shape index (κ2) is 3.39. The van der Waals surface area contributed by atoms with E-state index in [4.69, 9.17) is 11.0 Å². The van der Waals surface area contributed by atoms with Gasteiger partial charge >= 0.3 is 0 Å². The Kier molecular flexibility index (Phi) is 2.22. The van der Waals surface area contributed by atoms with Gasteiger partial charge < -0.3 is 5.73 Å². The van der Waals surface area contributed by atoms with Crippen molar-refractivity contribution in [1.29, 1.82) is 5.26 Å². The Labute approximate surface area is 82.1 Å². The fourth-order valence-corrected chi connectivity index (χ4v) is 1.58. The Hall–Kier alpha value is -1.40. The highest BCUT2D eigenvalue weighted by Gasteiger charge is 2.30. The predicted molar refractivity (Wildman–Crippen MR) is 50.8 cm³/mol. The monoisotopic (exact) mass is 190 g/mol. The van der Waals surface area contributed by atoms with E-state index < -0.39 is 0 Å². The van der Waals surface area contributed by atoms with Crippen LogP contribution in [-0.4, -0.2) is 0 Å². The van der Waals surface area contributed by atoms with Crippen molar-refractivity contribution in [3.05, 3.63) is 35.1 Å². The average molecular weight is 190 g/mol. The van der Waals surface area contributed by atoms with Gasteiger partial charge in [0.15, 0.2) is 0 Å². The first-order valence-corrected chi connectivity index (χ1v) is 4.67. The first kappa shape index (κ1) is 9.17. The lowest BCUT2D eigenvalue weighted by atomic mass is 10.0. The minimum Gasteiger partial charge on any atom is -0.324 e. The van der Waals surface area contributed by atoms with Crippen LogP contribution in [0.1, 0.15) is 30.0 Å². The van der Waals surface area contributed by atoms with Crippen molar-refractivity contribution in [3.63, 3.8) is 0 Å². The summed E-state index contributed by atoms with van der Waals surface area (Å²) in [6, 6.07) is 6.17. The zero-order chi connectivity index (χ0) is 10.1. The van der Waals surface area contributed by atoms with Crippen molar-refractivity contribution >= 4 is 0 Å². The number of hydrogen-bond acceptors (Lipinski definition) is 2. The molecule has 0 saturated heterocycles. The molecule has 0 amide bonds. The summed E-state index contributed by atoms with van der Waals surface area (Å²) in [5.41, 5.74) is 6.75. The molecular formula is C11H11FN2. The van der Waals surface area contributed by atoms with E-state index in [9.17, 15) is 4.39 Å². The standard InChI is InChI=1S/C11H11FN2/c12-10-5-7(6-13)1-4-9(10)11(14)8-2-3-8/h1,4-5,8,11H,2-3,14H2/t11-/m1/s1. The Morgan fingerprint density at radius 1 is 1.50 bits per heavy atom. The first-order valence-electron chi connectivity index (χ1n) is 4.67. The quantitative estimate of drug-likeness (QED) is 0.776. The number of nitrogens with two attached hydrogens (primary N) is 1. The molecule has 0 spiro atoms. The molecule has 1 aliphatic rings. The zero-order valence-electron chi connectivity index (χ0n) is 7.70. The summed E-state index contributed by atoms with van der Waals surface area (Å²) < 4.78 is 13.4. The fraction of sp³-hybridized carbons (Fsp3) is 0.364. The second-order valence-corrected chi connectivity index (χ2v) is 3.71. The van der Waals surface area contributed by atoms with Gasteiger partial charge in [0.05, 0.1) is 11.6 Å². The molecule has 1 saturated carbocycles. The largest absolute Gasteiger partial charge is 0.324 e. The van der Waals surface area contributed by atoms with Crippen molar-refractivity contribution in [2.24, 2.45) is 11.7 Å². The summed E-state index contributed by atoms with van der Waals surface area (Å²) in [7, 11) is 0. The predicted octanol–water partition coefficient (Wildman–Crippen LogP) is 2.11. The Balaban J connectivity index is 2.30. The van der Waals surface area contributed by atoms with Gasteiger partial charge in [0, 0.05) is 11.6 Å². The van der Waals surface area contributed by atoms with E-state index in [1.807, 2.05) is 6.07 Å². The van der Waals surface area contributed by atoms with Gasteiger partial charge in [0.1, 0.15) is 5.82 Å². The highest BCUT2D eigenvalue weighted by molar-refractivity contribution is 5.34. The molecule has 1 atom stereocenters. The van der Waals surface area contributed by atoms with Crippen LogP contribution in [0.15, 0.2) is 18.2 Å². The molecule has 0 aromatic heterocycles. The van der Waals surface area contributed by atoms with E-state index in [0.717, 1.165) is 12.8 Å². The van der Waals surface area contributed by atoms with Crippen molar-refractivity contribution in [2.75, 3.05) is 0 Å². The molecule has 0 heterocycles. The molecular weight excluding hydrogens is 179 g/mol. The SMILES string of the molecule is N#Cc1ccc([C@H](N)C2CC2)c(F)c1. The van der Waals surface area contributed by atoms with Crippen LogP contribution in [0.2, 0.25) is 0 Å². The van der Waals surface area contributed by atoms with Crippen molar-refractivity contribution in [2.45, 2.75) is 18.9 Å². The molecule has 1 aromatic rings. The number of rotatable bonds is 2. The second-order valence-electron chi connectivity index (χ2n) is 3.71. The van der Waals surface area contributed by atoms with Crippen LogP contribution in [0.5, 0.6) is 0 Å². The summed E-state index contributed by atoms with van der Waals surface area (Å²) in [5, 5.41) is 8.57. The molecule has 0 bridgehead atoms. The van der Waals surface area contributed by atoms with Crippen LogP contribution >= 0.6 is 0 Å². The normalized spacial score (nSPS) is 17.5. The third-order valence-electron chi connectivity index (χ3n) is 2.62. The van der Waals surface area contributed by atoms with Crippen LogP contribution in [0.4, 0.5) is 4.39 Å². The van der Waals surface area contributed by atoms with Crippen LogP contribution < -0.4 is 5.73 Å². The summed E-state index contributed by atoms with van der Waals surface area (Å²) >= 11 is 0. The van der Waals surface area contributed by atoms with Gasteiger partial charge in [-0.1, -0.05) is 6.07 Å². The number of nitriles is 1. The van der Waals surface area contributed by atoms with Crippen LogP contribution in [0.3, 0.4) is 0 Å². The third-order valence-corrected chi connectivity index (χ3v) is 2.62. The van der Waals surface area contributed by atoms with E-state index in [1.54, 1.807) is 12.1 Å². The van der Waals surface area contributed by atoms with E-state index in [1.165, 1.54) is 6.07 Å². The van der Waals surface area contributed by atoms with E-state index in [2.05, 4.69) is 0 Å². The minimum absolute atomic E-state index is 0.206. The number of halogens is 1. The lowest BCUT2D eigenvalue weighted by Gasteiger charge is -2.11. The molecule has 3 heteroatoms. The maximum atomic E-state index is 13.4. The molecule has 2 N–H and O–H groups in total.